The lowest BCUT2D eigenvalue weighted by Gasteiger charge is -2.30. The van der Waals surface area contributed by atoms with Gasteiger partial charge in [-0.25, -0.2) is 0 Å². The maximum atomic E-state index is 13.5. The molecule has 11 heteroatoms. The molecule has 0 unspecified atom stereocenters. The molecule has 2 aromatic carbocycles. The van der Waals surface area contributed by atoms with Crippen LogP contribution in [-0.2, 0) is 37.3 Å². The first kappa shape index (κ1) is 28.8. The van der Waals surface area contributed by atoms with Gasteiger partial charge in [0.05, 0.1) is 17.7 Å². The van der Waals surface area contributed by atoms with Crippen molar-refractivity contribution in [3.63, 3.8) is 0 Å². The molecule has 0 saturated carbocycles. The summed E-state index contributed by atoms with van der Waals surface area (Å²) in [5.41, 5.74) is -2.39. The highest BCUT2D eigenvalue weighted by Crippen LogP contribution is 2.36. The first-order chi connectivity index (χ1) is 17.7. The summed E-state index contributed by atoms with van der Waals surface area (Å²) in [6, 6.07) is 12.7. The topological polar surface area (TPSA) is 45.6 Å². The van der Waals surface area contributed by atoms with Crippen molar-refractivity contribution in [1.82, 2.24) is 14.4 Å². The van der Waals surface area contributed by atoms with E-state index < -0.39 is 53.4 Å². The van der Waals surface area contributed by atoms with E-state index in [-0.39, 0.29) is 19.2 Å². The van der Waals surface area contributed by atoms with E-state index >= 15 is 0 Å². The van der Waals surface area contributed by atoms with E-state index in [9.17, 15) is 35.9 Å². The third-order valence-corrected chi connectivity index (χ3v) is 6.00. The van der Waals surface area contributed by atoms with Crippen molar-refractivity contribution < 1.29 is 35.9 Å². The fourth-order valence-corrected chi connectivity index (χ4v) is 3.87. The van der Waals surface area contributed by atoms with Gasteiger partial charge in [-0.3, -0.25) is 9.59 Å². The van der Waals surface area contributed by atoms with Crippen LogP contribution in [0.5, 0.6) is 0 Å². The van der Waals surface area contributed by atoms with Gasteiger partial charge in [0.25, 0.3) is 5.91 Å². The van der Waals surface area contributed by atoms with E-state index in [0.717, 1.165) is 16.2 Å². The zero-order chi connectivity index (χ0) is 28.3. The molecule has 204 valence electrons. The van der Waals surface area contributed by atoms with Crippen molar-refractivity contribution in [3.8, 4) is 0 Å². The van der Waals surface area contributed by atoms with E-state index in [2.05, 4.69) is 0 Å². The monoisotopic (exact) mass is 539 g/mol. The summed E-state index contributed by atoms with van der Waals surface area (Å²) in [7, 11) is 1.80. The molecule has 0 radical (unpaired) electrons. The Morgan fingerprint density at radius 1 is 0.842 bits per heavy atom. The number of aromatic nitrogens is 1. The Hall–Kier alpha value is -3.76. The highest BCUT2D eigenvalue weighted by atomic mass is 19.4. The normalized spacial score (nSPS) is 12.1. The van der Waals surface area contributed by atoms with E-state index in [1.165, 1.54) is 18.7 Å². The third kappa shape index (κ3) is 7.17. The summed E-state index contributed by atoms with van der Waals surface area (Å²) in [6.07, 6.45) is -8.40. The summed E-state index contributed by atoms with van der Waals surface area (Å²) in [5, 5.41) is 0. The van der Waals surface area contributed by atoms with Gasteiger partial charge in [0, 0.05) is 37.1 Å². The molecule has 0 aliphatic rings. The predicted molar refractivity (Wildman–Crippen MR) is 129 cm³/mol. The second-order valence-corrected chi connectivity index (χ2v) is 9.17. The number of alkyl halides is 6. The summed E-state index contributed by atoms with van der Waals surface area (Å²) in [5.74, 6) is -1.62. The molecule has 1 aromatic heterocycles. The molecule has 1 heterocycles. The maximum Gasteiger partial charge on any atom is 0.416 e. The van der Waals surface area contributed by atoms with E-state index in [1.807, 2.05) is 28.8 Å². The Kier molecular flexibility index (Phi) is 8.58. The van der Waals surface area contributed by atoms with Gasteiger partial charge >= 0.3 is 12.4 Å². The molecule has 0 aliphatic heterocycles. The molecule has 0 aliphatic carbocycles. The van der Waals surface area contributed by atoms with Crippen molar-refractivity contribution in [2.75, 3.05) is 6.54 Å². The van der Waals surface area contributed by atoms with Crippen LogP contribution < -0.4 is 0 Å². The Balaban J connectivity index is 1.94. The number of aryl methyl sites for hydroxylation is 1. The molecule has 3 rings (SSSR count). The van der Waals surface area contributed by atoms with Crippen molar-refractivity contribution in [3.05, 3.63) is 94.8 Å². The molecule has 38 heavy (non-hydrogen) atoms. The van der Waals surface area contributed by atoms with Crippen molar-refractivity contribution in [1.29, 1.82) is 0 Å². The van der Waals surface area contributed by atoms with Crippen LogP contribution in [0.2, 0.25) is 0 Å². The number of amides is 2. The number of hydrogen-bond donors (Lipinski definition) is 0. The lowest BCUT2D eigenvalue weighted by atomic mass is 10.0. The number of nitrogens with zero attached hydrogens (tertiary/aromatic N) is 3. The lowest BCUT2D eigenvalue weighted by molar-refractivity contribution is -0.143. The van der Waals surface area contributed by atoms with Gasteiger partial charge in [-0.2, -0.15) is 26.3 Å². The molecule has 0 saturated heterocycles. The predicted octanol–water partition coefficient (Wildman–Crippen LogP) is 6.14. The highest BCUT2D eigenvalue weighted by Gasteiger charge is 2.38. The Labute approximate surface area is 216 Å². The molecule has 0 N–H and O–H groups in total. The zero-order valence-corrected chi connectivity index (χ0v) is 21.0. The van der Waals surface area contributed by atoms with Crippen LogP contribution in [0.4, 0.5) is 26.3 Å². The average molecular weight is 540 g/mol. The van der Waals surface area contributed by atoms with Gasteiger partial charge < -0.3 is 14.4 Å². The summed E-state index contributed by atoms with van der Waals surface area (Å²) in [4.78, 5) is 29.2. The van der Waals surface area contributed by atoms with Crippen LogP contribution in [0, 0.1) is 0 Å². The molecular formula is C27H27F6N3O2. The van der Waals surface area contributed by atoms with Gasteiger partial charge in [-0.1, -0.05) is 30.3 Å². The lowest BCUT2D eigenvalue weighted by Crippen LogP contribution is -2.45. The van der Waals surface area contributed by atoms with Gasteiger partial charge in [-0.15, -0.1) is 0 Å². The number of carbonyl (C=O) groups is 2. The highest BCUT2D eigenvalue weighted by molar-refractivity contribution is 5.97. The summed E-state index contributed by atoms with van der Waals surface area (Å²) < 4.78 is 81.9. The molecule has 2 amide bonds. The summed E-state index contributed by atoms with van der Waals surface area (Å²) >= 11 is 0. The molecule has 5 nitrogen and oxygen atoms in total. The largest absolute Gasteiger partial charge is 0.416 e. The third-order valence-electron chi connectivity index (χ3n) is 6.00. The molecule has 3 aromatic rings. The van der Waals surface area contributed by atoms with Crippen LogP contribution in [0.3, 0.4) is 0 Å². The SMILES string of the molecule is CC(C)N(CC(=O)N(Cc1ccccc1)Cc1cccn1C)C(=O)c1cc(C(F)(F)F)cc(C(F)(F)F)c1. The summed E-state index contributed by atoms with van der Waals surface area (Å²) in [6.45, 7) is 2.89. The first-order valence-electron chi connectivity index (χ1n) is 11.7. The van der Waals surface area contributed by atoms with Crippen molar-refractivity contribution >= 4 is 11.8 Å². The number of halogens is 6. The standard InChI is InChI=1S/C27H27F6N3O2/c1-18(2)36(25(38)20-12-21(26(28,29)30)14-22(13-20)27(31,32)33)17-24(37)35(15-19-8-5-4-6-9-19)16-23-10-7-11-34(23)3/h4-14,18H,15-17H2,1-3H3. The Bertz CT molecular complexity index is 1230. The van der Waals surface area contributed by atoms with E-state index in [4.69, 9.17) is 0 Å². The van der Waals surface area contributed by atoms with Gasteiger partial charge in [-0.05, 0) is 49.7 Å². The Morgan fingerprint density at radius 2 is 1.42 bits per heavy atom. The fourth-order valence-electron chi connectivity index (χ4n) is 3.87. The number of benzene rings is 2. The second kappa shape index (κ2) is 11.3. The quantitative estimate of drug-likeness (QED) is 0.323. The minimum absolute atomic E-state index is 0.0386. The van der Waals surface area contributed by atoms with Crippen LogP contribution in [-0.4, -0.2) is 38.8 Å². The van der Waals surface area contributed by atoms with Crippen molar-refractivity contribution in [2.45, 2.75) is 45.3 Å². The molecule has 0 spiro atoms. The minimum Gasteiger partial charge on any atom is -0.353 e. The van der Waals surface area contributed by atoms with Crippen LogP contribution >= 0.6 is 0 Å². The molecular weight excluding hydrogens is 512 g/mol. The van der Waals surface area contributed by atoms with Crippen molar-refractivity contribution in [2.24, 2.45) is 7.05 Å². The van der Waals surface area contributed by atoms with Gasteiger partial charge in [0.1, 0.15) is 6.54 Å². The maximum absolute atomic E-state index is 13.5. The van der Waals surface area contributed by atoms with E-state index in [1.54, 1.807) is 31.4 Å². The fraction of sp³-hybridized carbons (Fsp3) is 0.333. The van der Waals surface area contributed by atoms with Gasteiger partial charge in [0.2, 0.25) is 5.91 Å². The molecule has 0 fully saturated rings. The molecule has 0 bridgehead atoms. The average Bonchev–Trinajstić information content (AvgIpc) is 3.24. The minimum atomic E-state index is -5.10. The Morgan fingerprint density at radius 3 is 1.89 bits per heavy atom. The van der Waals surface area contributed by atoms with E-state index in [0.29, 0.717) is 12.1 Å². The first-order valence-corrected chi connectivity index (χ1v) is 11.7. The van der Waals surface area contributed by atoms with Crippen LogP contribution in [0.1, 0.15) is 46.6 Å². The smallest absolute Gasteiger partial charge is 0.353 e. The van der Waals surface area contributed by atoms with Gasteiger partial charge in [0.15, 0.2) is 0 Å². The number of carbonyl (C=O) groups excluding carboxylic acids is 2. The second-order valence-electron chi connectivity index (χ2n) is 9.17. The zero-order valence-electron chi connectivity index (χ0n) is 21.0. The molecule has 0 atom stereocenters. The number of hydrogen-bond acceptors (Lipinski definition) is 2. The van der Waals surface area contributed by atoms with Crippen LogP contribution in [0.25, 0.3) is 0 Å². The van der Waals surface area contributed by atoms with Crippen LogP contribution in [0.15, 0.2) is 66.9 Å². The number of rotatable bonds is 8.